The van der Waals surface area contributed by atoms with Crippen LogP contribution in [0.15, 0.2) is 0 Å². The van der Waals surface area contributed by atoms with Gasteiger partial charge in [-0.2, -0.15) is 0 Å². The molecule has 0 bridgehead atoms. The van der Waals surface area contributed by atoms with Crippen molar-refractivity contribution in [3.63, 3.8) is 0 Å². The van der Waals surface area contributed by atoms with Crippen molar-refractivity contribution >= 4 is 0 Å². The maximum Gasteiger partial charge on any atom is 0 e. The molecular weight excluding hydrogens is 196 g/mol. The molecule has 0 aromatic rings. The molecule has 8 heavy (non-hydrogen) atoms. The molecule has 0 radical (unpaired) electrons. The Bertz CT molecular complexity index is 34.0. The maximum absolute atomic E-state index is 4.69. The van der Waals surface area contributed by atoms with Crippen LogP contribution in [0.3, 0.4) is 0 Å². The standard InChI is InChI=1S/3CH3O.2Fe/c3*1-2;;/h3*1H3;;/q3*-1;;+3. The maximum atomic E-state index is 4.69. The van der Waals surface area contributed by atoms with Crippen LogP contribution in [0.4, 0.5) is 0 Å². The largest absolute Gasteiger partial charge is 0 e. The quantitative estimate of drug-likeness (QED) is 0.619. The zero-order valence-corrected chi connectivity index (χ0v) is 7.14. The summed E-state index contributed by atoms with van der Waals surface area (Å²) in [6.07, 6.45) is 0. The molecule has 0 N–H and O–H groups in total. The van der Waals surface area contributed by atoms with Gasteiger partial charge in [-0.05, 0) is 0 Å². The summed E-state index contributed by atoms with van der Waals surface area (Å²) in [5, 5.41) is 0. The normalized spacial score (nSPS) is 10.1. The van der Waals surface area contributed by atoms with Crippen molar-refractivity contribution < 1.29 is 43.4 Å². The summed E-state index contributed by atoms with van der Waals surface area (Å²) in [7, 11) is 4.65. The van der Waals surface area contributed by atoms with Crippen molar-refractivity contribution in [2.75, 3.05) is 21.3 Å². The van der Waals surface area contributed by atoms with Gasteiger partial charge in [0.05, 0.1) is 0 Å². The van der Waals surface area contributed by atoms with Gasteiger partial charge in [0.2, 0.25) is 0 Å². The van der Waals surface area contributed by atoms with Crippen LogP contribution in [-0.4, -0.2) is 21.3 Å². The van der Waals surface area contributed by atoms with E-state index in [9.17, 15) is 0 Å². The second kappa shape index (κ2) is 7.92. The molecule has 0 aliphatic carbocycles. The second-order valence-electron chi connectivity index (χ2n) is 0.610. The summed E-state index contributed by atoms with van der Waals surface area (Å²) in [5.41, 5.74) is 0. The molecule has 0 aliphatic heterocycles. The van der Waals surface area contributed by atoms with Gasteiger partial charge in [-0.1, -0.05) is 0 Å². The third-order valence-corrected chi connectivity index (χ3v) is 1.46. The van der Waals surface area contributed by atoms with Gasteiger partial charge < -0.3 is 0 Å². The Morgan fingerprint density at radius 2 is 1.12 bits per heavy atom. The molecule has 3 nitrogen and oxygen atoms in total. The number of hydrogen-bond acceptors (Lipinski definition) is 3. The van der Waals surface area contributed by atoms with E-state index in [-0.39, 0.29) is 17.1 Å². The van der Waals surface area contributed by atoms with Crippen LogP contribution in [0.5, 0.6) is 0 Å². The molecular formula is C3H9Fe2O3. The molecule has 0 aromatic carbocycles. The molecule has 0 aliphatic rings. The molecule has 0 saturated carbocycles. The van der Waals surface area contributed by atoms with E-state index in [0.717, 1.165) is 0 Å². The van der Waals surface area contributed by atoms with Crippen LogP contribution in [-0.2, 0) is 43.4 Å². The summed E-state index contributed by atoms with van der Waals surface area (Å²) in [4.78, 5) is 0. The first kappa shape index (κ1) is 11.7. The van der Waals surface area contributed by atoms with E-state index < -0.39 is 14.9 Å². The molecule has 0 aromatic heterocycles. The molecule has 0 amide bonds. The first-order valence-electron chi connectivity index (χ1n) is 1.66. The summed E-state index contributed by atoms with van der Waals surface area (Å²) in [5.74, 6) is 0. The van der Waals surface area contributed by atoms with Gasteiger partial charge in [-0.25, -0.2) is 0 Å². The third kappa shape index (κ3) is 5.06. The average Bonchev–Trinajstić information content (AvgIpc) is 1.72. The molecule has 0 spiro atoms. The summed E-state index contributed by atoms with van der Waals surface area (Å²) >= 11 is -1.21. The van der Waals surface area contributed by atoms with Gasteiger partial charge in [0.25, 0.3) is 0 Å². The van der Waals surface area contributed by atoms with Crippen LogP contribution in [0.1, 0.15) is 0 Å². The monoisotopic (exact) mass is 205 g/mol. The van der Waals surface area contributed by atoms with Crippen LogP contribution < -0.4 is 0 Å². The molecule has 0 saturated heterocycles. The fourth-order valence-corrected chi connectivity index (χ4v) is 0.729. The molecule has 5 heteroatoms. The molecule has 0 atom stereocenters. The third-order valence-electron chi connectivity index (χ3n) is 0.354. The summed E-state index contributed by atoms with van der Waals surface area (Å²) in [6, 6.07) is 0. The minimum atomic E-state index is -1.21. The zero-order valence-electron chi connectivity index (χ0n) is 4.93. The van der Waals surface area contributed by atoms with Crippen molar-refractivity contribution in [2.45, 2.75) is 0 Å². The van der Waals surface area contributed by atoms with E-state index in [4.69, 9.17) is 0 Å². The van der Waals surface area contributed by atoms with Gasteiger partial charge in [0.15, 0.2) is 0 Å². The number of rotatable bonds is 3. The SMILES string of the molecule is C[O][Fe]([O]C)[O]C.[Fe]. The van der Waals surface area contributed by atoms with Gasteiger partial charge >= 0.3 is 47.7 Å². The van der Waals surface area contributed by atoms with Gasteiger partial charge in [-0.3, -0.25) is 0 Å². The first-order chi connectivity index (χ1) is 3.35. The minimum Gasteiger partial charge on any atom is 0 e. The van der Waals surface area contributed by atoms with E-state index in [1.165, 1.54) is 0 Å². The zero-order chi connectivity index (χ0) is 5.70. The van der Waals surface area contributed by atoms with Crippen LogP contribution in [0, 0.1) is 0 Å². The fourth-order valence-electron chi connectivity index (χ4n) is 0.177. The predicted octanol–water partition coefficient (Wildman–Crippen LogP) is 0.286. The topological polar surface area (TPSA) is 27.7 Å². The molecule has 55 valence electrons. The summed E-state index contributed by atoms with van der Waals surface area (Å²) < 4.78 is 14.1. The van der Waals surface area contributed by atoms with Crippen molar-refractivity contribution in [1.82, 2.24) is 0 Å². The van der Waals surface area contributed by atoms with Crippen molar-refractivity contribution in [1.29, 1.82) is 0 Å². The Morgan fingerprint density at radius 1 is 0.875 bits per heavy atom. The second-order valence-corrected chi connectivity index (χ2v) is 2.51. The Kier molecular flexibility index (Phi) is 11.6. The average molecular weight is 205 g/mol. The molecule has 0 fully saturated rings. The van der Waals surface area contributed by atoms with Crippen molar-refractivity contribution in [3.05, 3.63) is 0 Å². The van der Waals surface area contributed by atoms with Crippen LogP contribution in [0.25, 0.3) is 0 Å². The van der Waals surface area contributed by atoms with Crippen LogP contribution >= 0.6 is 0 Å². The van der Waals surface area contributed by atoms with E-state index in [0.29, 0.717) is 0 Å². The Balaban J connectivity index is 0. The minimum absolute atomic E-state index is 0. The van der Waals surface area contributed by atoms with Gasteiger partial charge in [0, 0.05) is 17.1 Å². The van der Waals surface area contributed by atoms with E-state index in [1.54, 1.807) is 21.3 Å². The van der Waals surface area contributed by atoms with E-state index in [2.05, 4.69) is 11.5 Å². The molecule has 0 heterocycles. The summed E-state index contributed by atoms with van der Waals surface area (Å²) in [6.45, 7) is 0. The predicted molar refractivity (Wildman–Crippen MR) is 21.0 cm³/mol. The molecule has 0 rings (SSSR count). The smallest absolute Gasteiger partial charge is 0 e. The Hall–Kier alpha value is 0.919. The number of hydrogen-bond donors (Lipinski definition) is 0. The van der Waals surface area contributed by atoms with E-state index >= 15 is 0 Å². The Morgan fingerprint density at radius 3 is 1.12 bits per heavy atom. The van der Waals surface area contributed by atoms with Crippen molar-refractivity contribution in [2.24, 2.45) is 0 Å². The van der Waals surface area contributed by atoms with Crippen molar-refractivity contribution in [3.8, 4) is 0 Å². The van der Waals surface area contributed by atoms with E-state index in [1.807, 2.05) is 0 Å². The van der Waals surface area contributed by atoms with Crippen LogP contribution in [0.2, 0.25) is 0 Å². The Labute approximate surface area is 65.0 Å². The van der Waals surface area contributed by atoms with Gasteiger partial charge in [0.1, 0.15) is 0 Å². The first-order valence-corrected chi connectivity index (χ1v) is 3.01. The molecule has 0 unspecified atom stereocenters. The van der Waals surface area contributed by atoms with Gasteiger partial charge in [-0.15, -0.1) is 0 Å². The fraction of sp³-hybridized carbons (Fsp3) is 1.00.